The zero-order valence-electron chi connectivity index (χ0n) is 8.49. The Morgan fingerprint density at radius 3 is 3.00 bits per heavy atom. The van der Waals surface area contributed by atoms with Gasteiger partial charge in [-0.25, -0.2) is 4.39 Å². The normalized spacial score (nSPS) is 31.5. The molecule has 2 rings (SSSR count). The van der Waals surface area contributed by atoms with Crippen LogP contribution in [-0.2, 0) is 5.60 Å². The van der Waals surface area contributed by atoms with E-state index < -0.39 is 11.4 Å². The van der Waals surface area contributed by atoms with E-state index in [1.54, 1.807) is 0 Å². The van der Waals surface area contributed by atoms with Crippen molar-refractivity contribution in [3.05, 3.63) is 29.8 Å². The summed E-state index contributed by atoms with van der Waals surface area (Å²) >= 11 is 0. The summed E-state index contributed by atoms with van der Waals surface area (Å²) in [6.07, 6.45) is 5.56. The summed E-state index contributed by atoms with van der Waals surface area (Å²) in [5.74, 6) is -0.417. The standard InChI is InChI=1S/C11H15FN2O/c12-9-4-8(6-14-7-9)11(15)3-1-2-10(13)5-11/h4,6-7,10,15H,1-3,5,13H2. The first-order chi connectivity index (χ1) is 7.10. The largest absolute Gasteiger partial charge is 0.385 e. The Morgan fingerprint density at radius 2 is 2.33 bits per heavy atom. The van der Waals surface area contributed by atoms with Gasteiger partial charge in [-0.3, -0.25) is 4.98 Å². The van der Waals surface area contributed by atoms with Crippen LogP contribution in [0.5, 0.6) is 0 Å². The fourth-order valence-corrected chi connectivity index (χ4v) is 2.22. The number of aliphatic hydroxyl groups is 1. The molecule has 0 aromatic carbocycles. The second-order valence-electron chi connectivity index (χ2n) is 4.28. The van der Waals surface area contributed by atoms with E-state index in [0.717, 1.165) is 19.0 Å². The van der Waals surface area contributed by atoms with Crippen molar-refractivity contribution in [2.75, 3.05) is 0 Å². The smallest absolute Gasteiger partial charge is 0.141 e. The summed E-state index contributed by atoms with van der Waals surface area (Å²) in [5, 5.41) is 10.4. The van der Waals surface area contributed by atoms with Gasteiger partial charge in [0.15, 0.2) is 0 Å². The summed E-state index contributed by atoms with van der Waals surface area (Å²) in [5.41, 5.74) is 5.36. The fourth-order valence-electron chi connectivity index (χ4n) is 2.22. The van der Waals surface area contributed by atoms with Crippen LogP contribution in [-0.4, -0.2) is 16.1 Å². The van der Waals surface area contributed by atoms with Gasteiger partial charge in [0.2, 0.25) is 0 Å². The minimum absolute atomic E-state index is 0.00739. The predicted octanol–water partition coefficient (Wildman–Crippen LogP) is 1.31. The molecule has 1 heterocycles. The molecule has 0 aliphatic heterocycles. The average Bonchev–Trinajstić information content (AvgIpc) is 2.17. The second-order valence-corrected chi connectivity index (χ2v) is 4.28. The van der Waals surface area contributed by atoms with E-state index in [4.69, 9.17) is 5.73 Å². The second kappa shape index (κ2) is 3.87. The van der Waals surface area contributed by atoms with E-state index >= 15 is 0 Å². The van der Waals surface area contributed by atoms with Crippen molar-refractivity contribution >= 4 is 0 Å². The molecule has 2 atom stereocenters. The molecule has 3 N–H and O–H groups in total. The lowest BCUT2D eigenvalue weighted by molar-refractivity contribution is -0.00772. The minimum Gasteiger partial charge on any atom is -0.385 e. The van der Waals surface area contributed by atoms with Crippen LogP contribution in [0.25, 0.3) is 0 Å². The third-order valence-corrected chi connectivity index (χ3v) is 3.01. The lowest BCUT2D eigenvalue weighted by Crippen LogP contribution is -2.39. The Bertz CT molecular complexity index is 358. The van der Waals surface area contributed by atoms with Crippen LogP contribution < -0.4 is 5.73 Å². The van der Waals surface area contributed by atoms with E-state index in [1.807, 2.05) is 0 Å². The molecule has 1 aromatic heterocycles. The van der Waals surface area contributed by atoms with Crippen LogP contribution in [0.15, 0.2) is 18.5 Å². The number of nitrogens with zero attached hydrogens (tertiary/aromatic N) is 1. The van der Waals surface area contributed by atoms with Crippen molar-refractivity contribution < 1.29 is 9.50 Å². The van der Waals surface area contributed by atoms with E-state index in [1.165, 1.54) is 12.3 Å². The van der Waals surface area contributed by atoms with Crippen LogP contribution in [0.2, 0.25) is 0 Å². The summed E-state index contributed by atoms with van der Waals surface area (Å²) in [4.78, 5) is 3.75. The van der Waals surface area contributed by atoms with Crippen molar-refractivity contribution in [3.63, 3.8) is 0 Å². The van der Waals surface area contributed by atoms with E-state index in [-0.39, 0.29) is 6.04 Å². The van der Waals surface area contributed by atoms with Crippen LogP contribution >= 0.6 is 0 Å². The number of pyridine rings is 1. The maximum absolute atomic E-state index is 13.0. The van der Waals surface area contributed by atoms with Gasteiger partial charge < -0.3 is 10.8 Å². The number of halogens is 1. The molecular weight excluding hydrogens is 195 g/mol. The quantitative estimate of drug-likeness (QED) is 0.734. The highest BCUT2D eigenvalue weighted by Gasteiger charge is 2.35. The fraction of sp³-hybridized carbons (Fsp3) is 0.545. The Labute approximate surface area is 88.1 Å². The van der Waals surface area contributed by atoms with E-state index in [9.17, 15) is 9.50 Å². The average molecular weight is 210 g/mol. The maximum Gasteiger partial charge on any atom is 0.141 e. The SMILES string of the molecule is NC1CCCC(O)(c2cncc(F)c2)C1. The molecule has 1 aliphatic carbocycles. The van der Waals surface area contributed by atoms with Gasteiger partial charge in [0.1, 0.15) is 5.82 Å². The Hall–Kier alpha value is -1.00. The molecule has 1 aliphatic rings. The van der Waals surface area contributed by atoms with Crippen LogP contribution in [0.3, 0.4) is 0 Å². The van der Waals surface area contributed by atoms with Gasteiger partial charge in [-0.05, 0) is 31.7 Å². The number of hydrogen-bond acceptors (Lipinski definition) is 3. The van der Waals surface area contributed by atoms with Crippen LogP contribution in [0.1, 0.15) is 31.2 Å². The first-order valence-corrected chi connectivity index (χ1v) is 5.19. The molecule has 2 unspecified atom stereocenters. The molecule has 1 saturated carbocycles. The molecule has 82 valence electrons. The van der Waals surface area contributed by atoms with Gasteiger partial charge in [-0.2, -0.15) is 0 Å². The molecule has 1 aromatic rings. The summed E-state index contributed by atoms with van der Waals surface area (Å²) in [6, 6.07) is 1.33. The topological polar surface area (TPSA) is 59.1 Å². The zero-order chi connectivity index (χ0) is 10.9. The Balaban J connectivity index is 2.28. The molecule has 0 saturated heterocycles. The van der Waals surface area contributed by atoms with Crippen molar-refractivity contribution in [1.82, 2.24) is 4.98 Å². The molecule has 4 heteroatoms. The number of rotatable bonds is 1. The van der Waals surface area contributed by atoms with E-state index in [2.05, 4.69) is 4.98 Å². The molecule has 0 amide bonds. The molecule has 0 bridgehead atoms. The third kappa shape index (κ3) is 2.16. The van der Waals surface area contributed by atoms with Crippen molar-refractivity contribution in [3.8, 4) is 0 Å². The number of hydrogen-bond donors (Lipinski definition) is 2. The first kappa shape index (κ1) is 10.5. The van der Waals surface area contributed by atoms with Gasteiger partial charge in [0.05, 0.1) is 11.8 Å². The highest BCUT2D eigenvalue weighted by atomic mass is 19.1. The van der Waals surface area contributed by atoms with Gasteiger partial charge in [0, 0.05) is 17.8 Å². The number of aromatic nitrogens is 1. The third-order valence-electron chi connectivity index (χ3n) is 3.01. The van der Waals surface area contributed by atoms with Gasteiger partial charge in [0.25, 0.3) is 0 Å². The van der Waals surface area contributed by atoms with Crippen molar-refractivity contribution in [1.29, 1.82) is 0 Å². The summed E-state index contributed by atoms with van der Waals surface area (Å²) < 4.78 is 13.0. The zero-order valence-corrected chi connectivity index (χ0v) is 8.49. The Kier molecular flexibility index (Phi) is 2.71. The van der Waals surface area contributed by atoms with Crippen molar-refractivity contribution in [2.24, 2.45) is 5.73 Å². The summed E-state index contributed by atoms with van der Waals surface area (Å²) in [7, 11) is 0. The lowest BCUT2D eigenvalue weighted by Gasteiger charge is -2.35. The van der Waals surface area contributed by atoms with E-state index in [0.29, 0.717) is 18.4 Å². The highest BCUT2D eigenvalue weighted by Crippen LogP contribution is 2.36. The Morgan fingerprint density at radius 1 is 1.53 bits per heavy atom. The molecule has 15 heavy (non-hydrogen) atoms. The maximum atomic E-state index is 13.0. The lowest BCUT2D eigenvalue weighted by atomic mass is 9.78. The summed E-state index contributed by atoms with van der Waals surface area (Å²) in [6.45, 7) is 0. The molecular formula is C11H15FN2O. The molecule has 0 radical (unpaired) electrons. The van der Waals surface area contributed by atoms with Crippen LogP contribution in [0.4, 0.5) is 4.39 Å². The molecule has 3 nitrogen and oxygen atoms in total. The van der Waals surface area contributed by atoms with Gasteiger partial charge >= 0.3 is 0 Å². The van der Waals surface area contributed by atoms with Gasteiger partial charge in [-0.1, -0.05) is 0 Å². The monoisotopic (exact) mass is 210 g/mol. The first-order valence-electron chi connectivity index (χ1n) is 5.19. The predicted molar refractivity (Wildman–Crippen MR) is 54.5 cm³/mol. The molecule has 1 fully saturated rings. The number of nitrogens with two attached hydrogens (primary N) is 1. The highest BCUT2D eigenvalue weighted by molar-refractivity contribution is 5.20. The molecule has 0 spiro atoms. The van der Waals surface area contributed by atoms with Gasteiger partial charge in [-0.15, -0.1) is 0 Å². The van der Waals surface area contributed by atoms with Crippen LogP contribution in [0, 0.1) is 5.82 Å². The van der Waals surface area contributed by atoms with Crippen molar-refractivity contribution in [2.45, 2.75) is 37.3 Å². The minimum atomic E-state index is -0.993.